The van der Waals surface area contributed by atoms with Crippen LogP contribution in [0.15, 0.2) is 24.3 Å². The van der Waals surface area contributed by atoms with Crippen LogP contribution in [0.2, 0.25) is 0 Å². The molecule has 0 atom stereocenters. The van der Waals surface area contributed by atoms with Gasteiger partial charge in [-0.1, -0.05) is 31.5 Å². The number of unbranched alkanes of at least 4 members (excludes halogenated alkanes) is 1. The Hall–Kier alpha value is -1.42. The number of benzene rings is 1. The van der Waals surface area contributed by atoms with Gasteiger partial charge in [0, 0.05) is 31.6 Å². The zero-order chi connectivity index (χ0) is 15.9. The van der Waals surface area contributed by atoms with Gasteiger partial charge >= 0.3 is 0 Å². The molecule has 2 rings (SSSR count). The molecule has 0 aromatic heterocycles. The number of hydrogen-bond donors (Lipinski definition) is 0. The molecule has 1 fully saturated rings. The number of hydrogen-bond acceptors (Lipinski definition) is 2. The molecule has 0 unspecified atom stereocenters. The zero-order valence-corrected chi connectivity index (χ0v) is 13.7. The Morgan fingerprint density at radius 2 is 2.00 bits per heavy atom. The Labute approximate surface area is 133 Å². The molecule has 1 heterocycles. The van der Waals surface area contributed by atoms with E-state index in [0.717, 1.165) is 50.9 Å². The van der Waals surface area contributed by atoms with Gasteiger partial charge in [-0.15, -0.1) is 0 Å². The first-order chi connectivity index (χ1) is 10.6. The molecule has 3 nitrogen and oxygen atoms in total. The van der Waals surface area contributed by atoms with Crippen LogP contribution in [0, 0.1) is 11.7 Å². The van der Waals surface area contributed by atoms with E-state index in [1.165, 1.54) is 6.07 Å². The minimum Gasteiger partial charge on any atom is -0.346 e. The molecule has 0 radical (unpaired) electrons. The number of piperidine rings is 1. The highest BCUT2D eigenvalue weighted by atomic mass is 19.1. The highest BCUT2D eigenvalue weighted by Gasteiger charge is 2.27. The monoisotopic (exact) mass is 306 g/mol. The lowest BCUT2D eigenvalue weighted by atomic mass is 9.95. The molecule has 4 heteroatoms. The van der Waals surface area contributed by atoms with Crippen molar-refractivity contribution in [3.63, 3.8) is 0 Å². The fraction of sp³-hybridized carbons (Fsp3) is 0.611. The van der Waals surface area contributed by atoms with E-state index in [1.807, 2.05) is 24.1 Å². The van der Waals surface area contributed by atoms with Gasteiger partial charge < -0.3 is 4.90 Å². The summed E-state index contributed by atoms with van der Waals surface area (Å²) < 4.78 is 13.7. The van der Waals surface area contributed by atoms with Gasteiger partial charge in [0.25, 0.3) is 0 Å². The van der Waals surface area contributed by atoms with Gasteiger partial charge in [0.15, 0.2) is 0 Å². The molecule has 122 valence electrons. The largest absolute Gasteiger partial charge is 0.346 e. The summed E-state index contributed by atoms with van der Waals surface area (Å²) in [6.07, 6.45) is 3.93. The lowest BCUT2D eigenvalue weighted by molar-refractivity contribution is -0.135. The van der Waals surface area contributed by atoms with Gasteiger partial charge in [-0.05, 0) is 38.4 Å². The van der Waals surface area contributed by atoms with E-state index in [2.05, 4.69) is 11.8 Å². The Morgan fingerprint density at radius 1 is 1.32 bits per heavy atom. The number of halogens is 1. The lowest BCUT2D eigenvalue weighted by Crippen LogP contribution is -2.41. The predicted octanol–water partition coefficient (Wildman–Crippen LogP) is 3.30. The molecule has 0 spiro atoms. The molecule has 0 bridgehead atoms. The highest BCUT2D eigenvalue weighted by Crippen LogP contribution is 2.21. The summed E-state index contributed by atoms with van der Waals surface area (Å²) in [5.74, 6) is 0.276. The minimum absolute atomic E-state index is 0.138. The standard InChI is InChI=1S/C18H27FN2O/c1-3-4-11-20(2)18(22)15-9-12-21(13-10-15)14-16-7-5-6-8-17(16)19/h5-8,15H,3-4,9-14H2,1-2H3. The first-order valence-corrected chi connectivity index (χ1v) is 8.32. The fourth-order valence-corrected chi connectivity index (χ4v) is 3.02. The molecule has 22 heavy (non-hydrogen) atoms. The van der Waals surface area contributed by atoms with Crippen molar-refractivity contribution in [2.24, 2.45) is 5.92 Å². The predicted molar refractivity (Wildman–Crippen MR) is 86.9 cm³/mol. The lowest BCUT2D eigenvalue weighted by Gasteiger charge is -2.33. The van der Waals surface area contributed by atoms with Crippen LogP contribution >= 0.6 is 0 Å². The van der Waals surface area contributed by atoms with Crippen LogP contribution in [0.4, 0.5) is 4.39 Å². The van der Waals surface area contributed by atoms with Crippen LogP contribution in [0.3, 0.4) is 0 Å². The quantitative estimate of drug-likeness (QED) is 0.805. The fourth-order valence-electron chi connectivity index (χ4n) is 3.02. The van der Waals surface area contributed by atoms with Crippen LogP contribution in [0.1, 0.15) is 38.2 Å². The summed E-state index contributed by atoms with van der Waals surface area (Å²) in [5, 5.41) is 0. The van der Waals surface area contributed by atoms with E-state index in [-0.39, 0.29) is 17.6 Å². The summed E-state index contributed by atoms with van der Waals surface area (Å²) in [7, 11) is 1.91. The second-order valence-corrected chi connectivity index (χ2v) is 6.26. The average molecular weight is 306 g/mol. The normalized spacial score (nSPS) is 16.7. The molecule has 0 aliphatic carbocycles. The van der Waals surface area contributed by atoms with Crippen molar-refractivity contribution in [2.45, 2.75) is 39.2 Å². The Kier molecular flexibility index (Phi) is 6.37. The molecular formula is C18H27FN2O. The number of nitrogens with zero attached hydrogens (tertiary/aromatic N) is 2. The van der Waals surface area contributed by atoms with Gasteiger partial charge in [-0.2, -0.15) is 0 Å². The third-order valence-corrected chi connectivity index (χ3v) is 4.51. The summed E-state index contributed by atoms with van der Waals surface area (Å²) in [6.45, 7) is 5.36. The van der Waals surface area contributed by atoms with Gasteiger partial charge in [0.05, 0.1) is 0 Å². The highest BCUT2D eigenvalue weighted by molar-refractivity contribution is 5.78. The van der Waals surface area contributed by atoms with Crippen molar-refractivity contribution in [3.8, 4) is 0 Å². The van der Waals surface area contributed by atoms with E-state index < -0.39 is 0 Å². The summed E-state index contributed by atoms with van der Waals surface area (Å²) in [5.41, 5.74) is 0.743. The van der Waals surface area contributed by atoms with E-state index in [1.54, 1.807) is 6.07 Å². The van der Waals surface area contributed by atoms with Gasteiger partial charge in [0.2, 0.25) is 5.91 Å². The van der Waals surface area contributed by atoms with Crippen molar-refractivity contribution in [3.05, 3.63) is 35.6 Å². The Morgan fingerprint density at radius 3 is 2.64 bits per heavy atom. The van der Waals surface area contributed by atoms with Crippen LogP contribution in [-0.4, -0.2) is 42.4 Å². The first-order valence-electron chi connectivity index (χ1n) is 8.32. The van der Waals surface area contributed by atoms with Crippen LogP contribution < -0.4 is 0 Å². The Balaban J connectivity index is 1.80. The summed E-state index contributed by atoms with van der Waals surface area (Å²) in [6, 6.07) is 6.94. The minimum atomic E-state index is -0.139. The van der Waals surface area contributed by atoms with Crippen LogP contribution in [-0.2, 0) is 11.3 Å². The van der Waals surface area contributed by atoms with Crippen LogP contribution in [0.5, 0.6) is 0 Å². The van der Waals surface area contributed by atoms with Crippen molar-refractivity contribution in [2.75, 3.05) is 26.7 Å². The Bertz CT molecular complexity index is 484. The maximum absolute atomic E-state index is 13.7. The van der Waals surface area contributed by atoms with Crippen molar-refractivity contribution in [1.82, 2.24) is 9.80 Å². The van der Waals surface area contributed by atoms with Crippen LogP contribution in [0.25, 0.3) is 0 Å². The maximum Gasteiger partial charge on any atom is 0.225 e. The maximum atomic E-state index is 13.7. The second-order valence-electron chi connectivity index (χ2n) is 6.26. The number of rotatable bonds is 6. The molecule has 1 aliphatic rings. The summed E-state index contributed by atoms with van der Waals surface area (Å²) >= 11 is 0. The summed E-state index contributed by atoms with van der Waals surface area (Å²) in [4.78, 5) is 16.5. The molecule has 1 aromatic rings. The van der Waals surface area contributed by atoms with E-state index in [0.29, 0.717) is 6.54 Å². The molecule has 1 amide bonds. The molecule has 0 N–H and O–H groups in total. The third-order valence-electron chi connectivity index (χ3n) is 4.51. The number of amides is 1. The topological polar surface area (TPSA) is 23.6 Å². The molecule has 1 aliphatic heterocycles. The molecule has 1 saturated heterocycles. The molecule has 0 saturated carbocycles. The van der Waals surface area contributed by atoms with Gasteiger partial charge in [-0.3, -0.25) is 9.69 Å². The number of carbonyl (C=O) groups excluding carboxylic acids is 1. The first kappa shape index (κ1) is 16.9. The second kappa shape index (κ2) is 8.28. The third kappa shape index (κ3) is 4.54. The molecule has 1 aromatic carbocycles. The average Bonchev–Trinajstić information content (AvgIpc) is 2.55. The number of carbonyl (C=O) groups is 1. The SMILES string of the molecule is CCCCN(C)C(=O)C1CCN(Cc2ccccc2F)CC1. The van der Waals surface area contributed by atoms with Crippen molar-refractivity contribution < 1.29 is 9.18 Å². The van der Waals surface area contributed by atoms with Crippen molar-refractivity contribution >= 4 is 5.91 Å². The number of likely N-dealkylation sites (tertiary alicyclic amines) is 1. The van der Waals surface area contributed by atoms with E-state index >= 15 is 0 Å². The zero-order valence-electron chi connectivity index (χ0n) is 13.7. The van der Waals surface area contributed by atoms with Gasteiger partial charge in [0.1, 0.15) is 5.82 Å². The van der Waals surface area contributed by atoms with Crippen molar-refractivity contribution in [1.29, 1.82) is 0 Å². The van der Waals surface area contributed by atoms with E-state index in [4.69, 9.17) is 0 Å². The smallest absolute Gasteiger partial charge is 0.225 e. The van der Waals surface area contributed by atoms with Gasteiger partial charge in [-0.25, -0.2) is 4.39 Å². The van der Waals surface area contributed by atoms with E-state index in [9.17, 15) is 9.18 Å². The molecular weight excluding hydrogens is 279 g/mol.